The Morgan fingerprint density at radius 1 is 0.959 bits per heavy atom. The molecule has 49 heavy (non-hydrogen) atoms. The molecule has 0 fully saturated rings. The number of hydrogen-bond acceptors (Lipinski definition) is 6. The van der Waals surface area contributed by atoms with E-state index in [9.17, 15) is 9.59 Å². The van der Waals surface area contributed by atoms with Crippen LogP contribution in [-0.2, 0) is 6.61 Å². The van der Waals surface area contributed by atoms with Gasteiger partial charge in [0.25, 0.3) is 5.56 Å². The van der Waals surface area contributed by atoms with E-state index in [2.05, 4.69) is 24.5 Å². The highest BCUT2D eigenvalue weighted by atomic mass is 16.5. The Labute approximate surface area is 284 Å². The van der Waals surface area contributed by atoms with Crippen molar-refractivity contribution >= 4 is 23.1 Å². The molecule has 0 aliphatic carbocycles. The number of fused-ring (bicyclic) bond motifs is 1. The van der Waals surface area contributed by atoms with Crippen LogP contribution in [0.15, 0.2) is 101 Å². The lowest BCUT2D eigenvalue weighted by molar-refractivity contribution is 0.0696. The Hall–Kier alpha value is -5.96. The van der Waals surface area contributed by atoms with Gasteiger partial charge in [-0.3, -0.25) is 4.79 Å². The number of rotatable bonds is 10. The predicted molar refractivity (Wildman–Crippen MR) is 193 cm³/mol. The molecule has 4 aromatic carbocycles. The smallest absolute Gasteiger partial charge is 0.335 e. The predicted octanol–water partition coefficient (Wildman–Crippen LogP) is 8.07. The second-order valence-corrected chi connectivity index (χ2v) is 12.3. The van der Waals surface area contributed by atoms with Gasteiger partial charge in [-0.2, -0.15) is 9.78 Å². The Kier molecular flexibility index (Phi) is 9.18. The van der Waals surface area contributed by atoms with Gasteiger partial charge in [-0.1, -0.05) is 38.1 Å². The number of carbonyl (C=O) groups is 1. The minimum atomic E-state index is -0.957. The highest BCUT2D eigenvalue weighted by molar-refractivity contribution is 5.87. The van der Waals surface area contributed by atoms with Crippen LogP contribution in [0.3, 0.4) is 0 Å². The van der Waals surface area contributed by atoms with Crippen molar-refractivity contribution in [3.8, 4) is 28.6 Å². The van der Waals surface area contributed by atoms with Gasteiger partial charge < -0.3 is 19.1 Å². The third-order valence-corrected chi connectivity index (χ3v) is 8.68. The maximum atomic E-state index is 13.9. The lowest BCUT2D eigenvalue weighted by Gasteiger charge is -2.17. The molecule has 9 heteroatoms. The summed E-state index contributed by atoms with van der Waals surface area (Å²) >= 11 is 0. The van der Waals surface area contributed by atoms with Crippen molar-refractivity contribution in [2.45, 2.75) is 47.1 Å². The van der Waals surface area contributed by atoms with Crippen LogP contribution in [0.4, 0.5) is 0 Å². The molecule has 9 nitrogen and oxygen atoms in total. The number of aryl methyl sites for hydroxylation is 2. The van der Waals surface area contributed by atoms with E-state index in [4.69, 9.17) is 24.7 Å². The Bertz CT molecular complexity index is 2260. The topological polar surface area (TPSA) is 108 Å². The van der Waals surface area contributed by atoms with Crippen LogP contribution in [0.5, 0.6) is 11.5 Å². The first-order valence-corrected chi connectivity index (χ1v) is 16.0. The number of methoxy groups -OCH3 is 1. The van der Waals surface area contributed by atoms with Crippen LogP contribution in [0.2, 0.25) is 0 Å². The highest BCUT2D eigenvalue weighted by Gasteiger charge is 2.19. The quantitative estimate of drug-likeness (QED) is 0.150. The minimum absolute atomic E-state index is 0.197. The summed E-state index contributed by atoms with van der Waals surface area (Å²) in [5, 5.41) is 14.4. The van der Waals surface area contributed by atoms with Gasteiger partial charge >= 0.3 is 5.97 Å². The lowest BCUT2D eigenvalue weighted by atomic mass is 9.96. The van der Waals surface area contributed by atoms with Gasteiger partial charge in [0.1, 0.15) is 18.1 Å². The number of para-hydroxylation sites is 1. The molecule has 6 rings (SSSR count). The average Bonchev–Trinajstić information content (AvgIpc) is 3.38. The van der Waals surface area contributed by atoms with Crippen molar-refractivity contribution in [1.29, 1.82) is 0 Å². The van der Waals surface area contributed by atoms with E-state index in [0.29, 0.717) is 29.1 Å². The van der Waals surface area contributed by atoms with Gasteiger partial charge in [0.05, 0.1) is 29.8 Å². The van der Waals surface area contributed by atoms with E-state index in [1.807, 2.05) is 75.4 Å². The molecule has 0 amide bonds. The van der Waals surface area contributed by atoms with Crippen molar-refractivity contribution in [3.05, 3.63) is 141 Å². The Morgan fingerprint density at radius 2 is 1.67 bits per heavy atom. The number of carboxylic acid groups (broad SMARTS) is 1. The number of aromatic carboxylic acids is 1. The van der Waals surface area contributed by atoms with Crippen molar-refractivity contribution in [2.75, 3.05) is 7.11 Å². The molecule has 1 N–H and O–H groups in total. The minimum Gasteiger partial charge on any atom is -0.496 e. The zero-order valence-electron chi connectivity index (χ0n) is 28.4. The standard InChI is InChI=1S/C40H38N4O5/c1-24(2)34-21-35(25(3)19-37(34)48-6)38-42-36-10-8-7-9-33(36)39(45)44(38)41-22-30-20-26(4)43(27(30)5)31-15-17-32(18-16-31)49-23-28-11-13-29(14-12-28)40(46)47/h7-22,24H,23H2,1-6H3,(H,46,47). The zero-order chi connectivity index (χ0) is 34.8. The van der Waals surface area contributed by atoms with Crippen molar-refractivity contribution < 1.29 is 19.4 Å². The molecule has 0 aliphatic heterocycles. The molecule has 0 saturated carbocycles. The van der Waals surface area contributed by atoms with Gasteiger partial charge in [0, 0.05) is 28.2 Å². The van der Waals surface area contributed by atoms with Crippen molar-refractivity contribution in [3.63, 3.8) is 0 Å². The molecular weight excluding hydrogens is 616 g/mol. The van der Waals surface area contributed by atoms with Crippen LogP contribution >= 0.6 is 0 Å². The number of ether oxygens (including phenoxy) is 2. The second-order valence-electron chi connectivity index (χ2n) is 12.3. The monoisotopic (exact) mass is 654 g/mol. The first kappa shape index (κ1) is 33.0. The van der Waals surface area contributed by atoms with Crippen LogP contribution < -0.4 is 15.0 Å². The zero-order valence-corrected chi connectivity index (χ0v) is 28.4. The van der Waals surface area contributed by atoms with Gasteiger partial charge in [0.2, 0.25) is 0 Å². The average molecular weight is 655 g/mol. The molecule has 0 atom stereocenters. The summed E-state index contributed by atoms with van der Waals surface area (Å²) in [5.41, 5.74) is 8.01. The maximum absolute atomic E-state index is 13.9. The molecule has 2 aromatic heterocycles. The fourth-order valence-electron chi connectivity index (χ4n) is 6.01. The molecule has 0 aliphatic rings. The van der Waals surface area contributed by atoms with Crippen molar-refractivity contribution in [2.24, 2.45) is 5.10 Å². The third-order valence-electron chi connectivity index (χ3n) is 8.68. The van der Waals surface area contributed by atoms with E-state index in [0.717, 1.165) is 50.6 Å². The van der Waals surface area contributed by atoms with E-state index in [-0.39, 0.29) is 17.0 Å². The first-order chi connectivity index (χ1) is 23.5. The summed E-state index contributed by atoms with van der Waals surface area (Å²) in [6, 6.07) is 27.8. The van der Waals surface area contributed by atoms with Crippen LogP contribution in [0.25, 0.3) is 28.0 Å². The third kappa shape index (κ3) is 6.60. The number of nitrogens with zero attached hydrogens (tertiary/aromatic N) is 4. The number of benzene rings is 4. The van der Waals surface area contributed by atoms with Gasteiger partial charge in [-0.05, 0) is 110 Å². The SMILES string of the molecule is COc1cc(C)c(-c2nc3ccccc3c(=O)n2N=Cc2cc(C)n(-c3ccc(OCc4ccc(C(=O)O)cc4)cc3)c2C)cc1C(C)C. The van der Waals surface area contributed by atoms with Crippen LogP contribution in [0.1, 0.15) is 63.8 Å². The summed E-state index contributed by atoms with van der Waals surface area (Å²) in [7, 11) is 1.67. The van der Waals surface area contributed by atoms with Crippen LogP contribution in [0, 0.1) is 20.8 Å². The molecule has 0 unspecified atom stereocenters. The normalized spacial score (nSPS) is 11.5. The summed E-state index contributed by atoms with van der Waals surface area (Å²) in [6.07, 6.45) is 1.72. The summed E-state index contributed by atoms with van der Waals surface area (Å²) in [4.78, 5) is 30.0. The summed E-state index contributed by atoms with van der Waals surface area (Å²) < 4.78 is 15.1. The number of hydrogen-bond donors (Lipinski definition) is 1. The molecule has 248 valence electrons. The summed E-state index contributed by atoms with van der Waals surface area (Å²) in [5.74, 6) is 1.20. The van der Waals surface area contributed by atoms with Crippen LogP contribution in [-0.4, -0.2) is 38.6 Å². The van der Waals surface area contributed by atoms with Gasteiger partial charge in [-0.25, -0.2) is 9.78 Å². The van der Waals surface area contributed by atoms with E-state index in [1.165, 1.54) is 4.68 Å². The molecule has 0 radical (unpaired) electrons. The highest BCUT2D eigenvalue weighted by Crippen LogP contribution is 2.34. The maximum Gasteiger partial charge on any atom is 0.335 e. The largest absolute Gasteiger partial charge is 0.496 e. The van der Waals surface area contributed by atoms with Crippen molar-refractivity contribution in [1.82, 2.24) is 14.2 Å². The molecule has 0 saturated heterocycles. The molecule has 2 heterocycles. The number of aromatic nitrogens is 3. The van der Waals surface area contributed by atoms with E-state index in [1.54, 1.807) is 43.7 Å². The molecule has 6 aromatic rings. The fraction of sp³-hybridized carbons (Fsp3) is 0.200. The molecule has 0 spiro atoms. The summed E-state index contributed by atoms with van der Waals surface area (Å²) in [6.45, 7) is 10.6. The number of carboxylic acids is 1. The van der Waals surface area contributed by atoms with Gasteiger partial charge in [0.15, 0.2) is 5.82 Å². The van der Waals surface area contributed by atoms with E-state index >= 15 is 0 Å². The van der Waals surface area contributed by atoms with Gasteiger partial charge in [-0.15, -0.1) is 0 Å². The Morgan fingerprint density at radius 3 is 2.35 bits per heavy atom. The lowest BCUT2D eigenvalue weighted by Crippen LogP contribution is -2.21. The second kappa shape index (κ2) is 13.6. The van der Waals surface area contributed by atoms with E-state index < -0.39 is 5.97 Å². The Balaban J connectivity index is 1.32. The first-order valence-electron chi connectivity index (χ1n) is 16.0. The molecular formula is C40H38N4O5. The molecule has 0 bridgehead atoms. The fourth-order valence-corrected chi connectivity index (χ4v) is 6.01.